The molecule has 0 saturated carbocycles. The molecule has 2 amide bonds. The first-order chi connectivity index (χ1) is 8.31. The lowest BCUT2D eigenvalue weighted by molar-refractivity contribution is -0.124. The molecule has 0 fully saturated rings. The van der Waals surface area contributed by atoms with E-state index in [1.54, 1.807) is 0 Å². The SMILES string of the molecule is CC(=O)CC(=O)Nc1cc(C(N)=O)c(F)cc1F. The van der Waals surface area contributed by atoms with Gasteiger partial charge < -0.3 is 11.1 Å². The fourth-order valence-electron chi connectivity index (χ4n) is 1.25. The lowest BCUT2D eigenvalue weighted by Gasteiger charge is -2.07. The number of amides is 2. The molecule has 7 heteroatoms. The number of hydrogen-bond donors (Lipinski definition) is 2. The van der Waals surface area contributed by atoms with E-state index in [0.29, 0.717) is 6.07 Å². The number of nitrogens with one attached hydrogen (secondary N) is 1. The quantitative estimate of drug-likeness (QED) is 0.787. The molecule has 0 atom stereocenters. The molecule has 18 heavy (non-hydrogen) atoms. The summed E-state index contributed by atoms with van der Waals surface area (Å²) < 4.78 is 26.4. The number of Topliss-reactive ketones (excluding diaryl/α,β-unsaturated/α-hetero) is 1. The third-order valence-electron chi connectivity index (χ3n) is 2.01. The number of primary amides is 1. The summed E-state index contributed by atoms with van der Waals surface area (Å²) in [7, 11) is 0. The van der Waals surface area contributed by atoms with Gasteiger partial charge in [0.2, 0.25) is 5.91 Å². The first kappa shape index (κ1) is 13.8. The third kappa shape index (κ3) is 3.34. The van der Waals surface area contributed by atoms with Crippen molar-refractivity contribution in [3.8, 4) is 0 Å². The van der Waals surface area contributed by atoms with Crippen LogP contribution in [-0.4, -0.2) is 17.6 Å². The van der Waals surface area contributed by atoms with Crippen LogP contribution in [0.15, 0.2) is 12.1 Å². The van der Waals surface area contributed by atoms with Gasteiger partial charge in [0, 0.05) is 6.07 Å². The van der Waals surface area contributed by atoms with Gasteiger partial charge in [-0.1, -0.05) is 0 Å². The molecule has 0 aliphatic carbocycles. The van der Waals surface area contributed by atoms with Crippen LogP contribution in [0.25, 0.3) is 0 Å². The van der Waals surface area contributed by atoms with Crippen molar-refractivity contribution >= 4 is 23.3 Å². The number of rotatable bonds is 4. The lowest BCUT2D eigenvalue weighted by Crippen LogP contribution is -2.18. The summed E-state index contributed by atoms with van der Waals surface area (Å²) >= 11 is 0. The Hall–Kier alpha value is -2.31. The van der Waals surface area contributed by atoms with Gasteiger partial charge in [0.05, 0.1) is 17.7 Å². The van der Waals surface area contributed by atoms with Crippen molar-refractivity contribution in [3.05, 3.63) is 29.3 Å². The first-order valence-electron chi connectivity index (χ1n) is 4.89. The topological polar surface area (TPSA) is 89.3 Å². The minimum atomic E-state index is -1.12. The van der Waals surface area contributed by atoms with Crippen LogP contribution in [0.1, 0.15) is 23.7 Å². The van der Waals surface area contributed by atoms with E-state index in [0.717, 1.165) is 6.07 Å². The van der Waals surface area contributed by atoms with Gasteiger partial charge >= 0.3 is 0 Å². The number of hydrogen-bond acceptors (Lipinski definition) is 3. The van der Waals surface area contributed by atoms with Crippen LogP contribution in [0, 0.1) is 11.6 Å². The molecule has 0 saturated heterocycles. The second-order valence-corrected chi connectivity index (χ2v) is 3.60. The molecule has 96 valence electrons. The van der Waals surface area contributed by atoms with Crippen molar-refractivity contribution in [2.24, 2.45) is 5.73 Å². The normalized spacial score (nSPS) is 9.94. The molecular formula is C11H10F2N2O3. The number of nitrogens with two attached hydrogens (primary N) is 1. The molecule has 0 aromatic heterocycles. The van der Waals surface area contributed by atoms with Crippen LogP contribution in [0.2, 0.25) is 0 Å². The van der Waals surface area contributed by atoms with E-state index in [-0.39, 0.29) is 0 Å². The maximum Gasteiger partial charge on any atom is 0.251 e. The number of halogens is 2. The monoisotopic (exact) mass is 256 g/mol. The average molecular weight is 256 g/mol. The molecule has 1 aromatic carbocycles. The van der Waals surface area contributed by atoms with Crippen LogP contribution >= 0.6 is 0 Å². The van der Waals surface area contributed by atoms with Crippen LogP contribution in [-0.2, 0) is 9.59 Å². The molecule has 0 radical (unpaired) electrons. The molecule has 0 aliphatic rings. The van der Waals surface area contributed by atoms with Gasteiger partial charge in [0.1, 0.15) is 17.4 Å². The molecule has 0 aliphatic heterocycles. The highest BCUT2D eigenvalue weighted by molar-refractivity contribution is 6.04. The number of carbonyl (C=O) groups is 3. The highest BCUT2D eigenvalue weighted by atomic mass is 19.1. The summed E-state index contributed by atoms with van der Waals surface area (Å²) in [6.07, 6.45) is -0.442. The second-order valence-electron chi connectivity index (χ2n) is 3.60. The molecule has 0 unspecified atom stereocenters. The van der Waals surface area contributed by atoms with Crippen LogP contribution in [0.3, 0.4) is 0 Å². The highest BCUT2D eigenvalue weighted by Crippen LogP contribution is 2.19. The number of benzene rings is 1. The minimum absolute atomic E-state index is 0.406. The average Bonchev–Trinajstić information content (AvgIpc) is 2.20. The summed E-state index contributed by atoms with van der Waals surface area (Å²) in [5.41, 5.74) is 3.92. The van der Waals surface area contributed by atoms with Crippen molar-refractivity contribution in [3.63, 3.8) is 0 Å². The molecule has 0 spiro atoms. The summed E-state index contributed by atoms with van der Waals surface area (Å²) in [6, 6.07) is 1.22. The number of carbonyl (C=O) groups excluding carboxylic acids is 3. The van der Waals surface area contributed by atoms with Crippen molar-refractivity contribution in [2.75, 3.05) is 5.32 Å². The Labute approximate surface area is 101 Å². The first-order valence-corrected chi connectivity index (χ1v) is 4.89. The number of anilines is 1. The van der Waals surface area contributed by atoms with Gasteiger partial charge in [-0.05, 0) is 13.0 Å². The van der Waals surface area contributed by atoms with E-state index in [4.69, 9.17) is 5.73 Å². The largest absolute Gasteiger partial charge is 0.366 e. The summed E-state index contributed by atoms with van der Waals surface area (Å²) in [6.45, 7) is 1.19. The Balaban J connectivity index is 3.02. The smallest absolute Gasteiger partial charge is 0.251 e. The molecular weight excluding hydrogens is 246 g/mol. The zero-order valence-corrected chi connectivity index (χ0v) is 9.42. The van der Waals surface area contributed by atoms with Crippen molar-refractivity contribution in [1.29, 1.82) is 0 Å². The van der Waals surface area contributed by atoms with Crippen LogP contribution in [0.5, 0.6) is 0 Å². The van der Waals surface area contributed by atoms with E-state index >= 15 is 0 Å². The van der Waals surface area contributed by atoms with Gasteiger partial charge in [-0.2, -0.15) is 0 Å². The Morgan fingerprint density at radius 3 is 2.33 bits per heavy atom. The third-order valence-corrected chi connectivity index (χ3v) is 2.01. The molecule has 0 heterocycles. The van der Waals surface area contributed by atoms with Gasteiger partial charge in [0.15, 0.2) is 0 Å². The van der Waals surface area contributed by atoms with E-state index in [1.165, 1.54) is 6.92 Å². The Bertz CT molecular complexity index is 529. The van der Waals surface area contributed by atoms with E-state index in [9.17, 15) is 23.2 Å². The predicted molar refractivity (Wildman–Crippen MR) is 58.8 cm³/mol. The fraction of sp³-hybridized carbons (Fsp3) is 0.182. The molecule has 5 nitrogen and oxygen atoms in total. The maximum absolute atomic E-state index is 13.3. The standard InChI is InChI=1S/C11H10F2N2O3/c1-5(16)2-10(17)15-9-3-6(11(14)18)7(12)4-8(9)13/h3-4H,2H2,1H3,(H2,14,18)(H,15,17). The predicted octanol–water partition coefficient (Wildman–Crippen LogP) is 0.981. The fourth-order valence-corrected chi connectivity index (χ4v) is 1.25. The van der Waals surface area contributed by atoms with Crippen LogP contribution in [0.4, 0.5) is 14.5 Å². The van der Waals surface area contributed by atoms with Gasteiger partial charge in [-0.25, -0.2) is 8.78 Å². The van der Waals surface area contributed by atoms with Gasteiger partial charge in [-0.15, -0.1) is 0 Å². The molecule has 1 rings (SSSR count). The summed E-state index contributed by atoms with van der Waals surface area (Å²) in [5.74, 6) is -4.44. The molecule has 0 bridgehead atoms. The van der Waals surface area contributed by atoms with Crippen molar-refractivity contribution < 1.29 is 23.2 Å². The van der Waals surface area contributed by atoms with E-state index < -0.39 is 46.9 Å². The second kappa shape index (κ2) is 5.35. The van der Waals surface area contributed by atoms with Gasteiger partial charge in [0.25, 0.3) is 5.91 Å². The molecule has 3 N–H and O–H groups in total. The minimum Gasteiger partial charge on any atom is -0.366 e. The summed E-state index contributed by atoms with van der Waals surface area (Å²) in [4.78, 5) is 32.7. The maximum atomic E-state index is 13.3. The van der Waals surface area contributed by atoms with Crippen molar-refractivity contribution in [1.82, 2.24) is 0 Å². The Morgan fingerprint density at radius 1 is 1.22 bits per heavy atom. The lowest BCUT2D eigenvalue weighted by atomic mass is 10.1. The van der Waals surface area contributed by atoms with Crippen LogP contribution < -0.4 is 11.1 Å². The number of ketones is 1. The van der Waals surface area contributed by atoms with Gasteiger partial charge in [-0.3, -0.25) is 14.4 Å². The van der Waals surface area contributed by atoms with E-state index in [2.05, 4.69) is 5.32 Å². The Morgan fingerprint density at radius 2 is 1.83 bits per heavy atom. The zero-order chi connectivity index (χ0) is 13.9. The van der Waals surface area contributed by atoms with E-state index in [1.807, 2.05) is 0 Å². The Kier molecular flexibility index (Phi) is 4.09. The zero-order valence-electron chi connectivity index (χ0n) is 9.42. The summed E-state index contributed by atoms with van der Waals surface area (Å²) in [5, 5.41) is 2.05. The molecule has 1 aromatic rings. The highest BCUT2D eigenvalue weighted by Gasteiger charge is 2.15. The van der Waals surface area contributed by atoms with Crippen molar-refractivity contribution in [2.45, 2.75) is 13.3 Å².